The van der Waals surface area contributed by atoms with E-state index >= 15 is 0 Å². The van der Waals surface area contributed by atoms with Crippen molar-refractivity contribution in [2.75, 3.05) is 17.3 Å². The third kappa shape index (κ3) is 6.28. The second-order valence-corrected chi connectivity index (χ2v) is 9.21. The van der Waals surface area contributed by atoms with Gasteiger partial charge in [0.1, 0.15) is 6.04 Å². The van der Waals surface area contributed by atoms with Crippen molar-refractivity contribution in [3.05, 3.63) is 58.2 Å². The molecule has 2 aromatic rings. The summed E-state index contributed by atoms with van der Waals surface area (Å²) in [4.78, 5) is 12.7. The van der Waals surface area contributed by atoms with E-state index in [0.717, 1.165) is 3.57 Å². The van der Waals surface area contributed by atoms with Gasteiger partial charge in [-0.15, -0.1) is 0 Å². The summed E-state index contributed by atoms with van der Waals surface area (Å²) in [5.41, 5.74) is 0.643. The van der Waals surface area contributed by atoms with E-state index in [1.807, 2.05) is 24.5 Å². The Morgan fingerprint density at radius 1 is 1.16 bits per heavy atom. The van der Waals surface area contributed by atoms with Gasteiger partial charge < -0.3 is 5.32 Å². The smallest absolute Gasteiger partial charge is 0.242 e. The normalized spacial score (nSPS) is 12.6. The van der Waals surface area contributed by atoms with Gasteiger partial charge in [0, 0.05) is 9.26 Å². The summed E-state index contributed by atoms with van der Waals surface area (Å²) in [6.07, 6.45) is 2.32. The van der Waals surface area contributed by atoms with Gasteiger partial charge in [0.15, 0.2) is 0 Å². The fraction of sp³-hybridized carbons (Fsp3) is 0.235. The molecule has 0 spiro atoms. The molecule has 5 nitrogen and oxygen atoms in total. The number of amides is 1. The van der Waals surface area contributed by atoms with Crippen LogP contribution in [0.25, 0.3) is 0 Å². The molecule has 1 amide bonds. The van der Waals surface area contributed by atoms with Gasteiger partial charge in [0.2, 0.25) is 15.9 Å². The highest BCUT2D eigenvalue weighted by atomic mass is 127. The molecule has 0 heterocycles. The van der Waals surface area contributed by atoms with Gasteiger partial charge in [-0.25, -0.2) is 8.42 Å². The number of rotatable bonds is 8. The number of anilines is 1. The zero-order valence-corrected chi connectivity index (χ0v) is 17.4. The number of thioether (sulfide) groups is 1. The van der Waals surface area contributed by atoms with Gasteiger partial charge in [-0.2, -0.15) is 16.5 Å². The zero-order valence-electron chi connectivity index (χ0n) is 13.6. The molecule has 0 radical (unpaired) electrons. The summed E-state index contributed by atoms with van der Waals surface area (Å²) in [5, 5.41) is 2.79. The molecule has 1 unspecified atom stereocenters. The number of hydrogen-bond donors (Lipinski definition) is 2. The number of carbonyl (C=O) groups is 1. The topological polar surface area (TPSA) is 75.3 Å². The van der Waals surface area contributed by atoms with Crippen molar-refractivity contribution in [2.24, 2.45) is 0 Å². The molecule has 0 fully saturated rings. The molecule has 0 saturated carbocycles. The standard InChI is InChI=1S/C17H19IN2O3S2/c1-24-11-10-16(17(21)19-14-7-5-6-13(18)12-14)20-25(22,23)15-8-3-2-4-9-15/h2-9,12,16,20H,10-11H2,1H3,(H,19,21). The quantitative estimate of drug-likeness (QED) is 0.557. The average Bonchev–Trinajstić information content (AvgIpc) is 2.59. The van der Waals surface area contributed by atoms with Gasteiger partial charge in [-0.05, 0) is 71.4 Å². The summed E-state index contributed by atoms with van der Waals surface area (Å²) in [6.45, 7) is 0. The maximum atomic E-state index is 12.6. The van der Waals surface area contributed by atoms with Crippen LogP contribution < -0.4 is 10.0 Å². The third-order valence-electron chi connectivity index (χ3n) is 3.37. The number of hydrogen-bond acceptors (Lipinski definition) is 4. The molecule has 0 aliphatic carbocycles. The molecular weight excluding hydrogens is 471 g/mol. The maximum absolute atomic E-state index is 12.6. The van der Waals surface area contributed by atoms with Crippen LogP contribution in [0.2, 0.25) is 0 Å². The summed E-state index contributed by atoms with van der Waals surface area (Å²) >= 11 is 3.72. The van der Waals surface area contributed by atoms with Crippen molar-refractivity contribution in [3.8, 4) is 0 Å². The predicted octanol–water partition coefficient (Wildman–Crippen LogP) is 3.33. The number of carbonyl (C=O) groups excluding carboxylic acids is 1. The van der Waals surface area contributed by atoms with Crippen LogP contribution in [-0.4, -0.2) is 32.4 Å². The lowest BCUT2D eigenvalue weighted by atomic mass is 10.2. The van der Waals surface area contributed by atoms with Crippen LogP contribution in [0.5, 0.6) is 0 Å². The molecule has 2 N–H and O–H groups in total. The monoisotopic (exact) mass is 490 g/mol. The van der Waals surface area contributed by atoms with Gasteiger partial charge in [-0.3, -0.25) is 4.79 Å². The van der Waals surface area contributed by atoms with E-state index in [4.69, 9.17) is 0 Å². The fourth-order valence-corrected chi connectivity index (χ4v) is 4.40. The molecule has 0 aliphatic heterocycles. The maximum Gasteiger partial charge on any atom is 0.242 e. The van der Waals surface area contributed by atoms with Gasteiger partial charge in [-0.1, -0.05) is 24.3 Å². The van der Waals surface area contributed by atoms with E-state index in [0.29, 0.717) is 17.9 Å². The minimum absolute atomic E-state index is 0.145. The highest BCUT2D eigenvalue weighted by molar-refractivity contribution is 14.1. The summed E-state index contributed by atoms with van der Waals surface area (Å²) in [6, 6.07) is 14.6. The second kappa shape index (κ2) is 9.56. The van der Waals surface area contributed by atoms with Crippen molar-refractivity contribution in [2.45, 2.75) is 17.4 Å². The van der Waals surface area contributed by atoms with Gasteiger partial charge in [0.25, 0.3) is 0 Å². The van der Waals surface area contributed by atoms with E-state index in [2.05, 4.69) is 32.6 Å². The Labute approximate surface area is 166 Å². The van der Waals surface area contributed by atoms with Crippen LogP contribution in [-0.2, 0) is 14.8 Å². The van der Waals surface area contributed by atoms with E-state index in [1.54, 1.807) is 36.0 Å². The molecule has 2 aromatic carbocycles. The van der Waals surface area contributed by atoms with Crippen molar-refractivity contribution in [1.29, 1.82) is 0 Å². The lowest BCUT2D eigenvalue weighted by Gasteiger charge is -2.18. The highest BCUT2D eigenvalue weighted by Gasteiger charge is 2.25. The summed E-state index contributed by atoms with van der Waals surface area (Å²) in [7, 11) is -3.76. The first-order valence-electron chi connectivity index (χ1n) is 7.55. The molecule has 0 saturated heterocycles. The zero-order chi connectivity index (χ0) is 18.3. The predicted molar refractivity (Wildman–Crippen MR) is 111 cm³/mol. The van der Waals surface area contributed by atoms with Gasteiger partial charge >= 0.3 is 0 Å². The minimum atomic E-state index is -3.76. The number of nitrogens with one attached hydrogen (secondary N) is 2. The first-order valence-corrected chi connectivity index (χ1v) is 11.5. The lowest BCUT2D eigenvalue weighted by Crippen LogP contribution is -2.44. The van der Waals surface area contributed by atoms with E-state index in [-0.39, 0.29) is 10.8 Å². The van der Waals surface area contributed by atoms with E-state index < -0.39 is 16.1 Å². The van der Waals surface area contributed by atoms with E-state index in [1.165, 1.54) is 12.1 Å². The minimum Gasteiger partial charge on any atom is -0.325 e. The average molecular weight is 490 g/mol. The first-order chi connectivity index (χ1) is 11.9. The number of benzene rings is 2. The van der Waals surface area contributed by atoms with Crippen LogP contribution in [0.3, 0.4) is 0 Å². The molecule has 8 heteroatoms. The molecule has 1 atom stereocenters. The summed E-state index contributed by atoms with van der Waals surface area (Å²) in [5.74, 6) is 0.303. The van der Waals surface area contributed by atoms with Crippen LogP contribution in [0.4, 0.5) is 5.69 Å². The lowest BCUT2D eigenvalue weighted by molar-refractivity contribution is -0.117. The Balaban J connectivity index is 2.16. The van der Waals surface area contributed by atoms with Crippen LogP contribution in [0.1, 0.15) is 6.42 Å². The molecule has 0 bridgehead atoms. The molecule has 25 heavy (non-hydrogen) atoms. The van der Waals surface area contributed by atoms with Crippen molar-refractivity contribution >= 4 is 56.0 Å². The first kappa shape index (κ1) is 20.2. The van der Waals surface area contributed by atoms with Crippen molar-refractivity contribution in [1.82, 2.24) is 4.72 Å². The molecule has 134 valence electrons. The number of sulfonamides is 1. The van der Waals surface area contributed by atoms with Gasteiger partial charge in [0.05, 0.1) is 4.90 Å². The molecule has 2 rings (SSSR count). The SMILES string of the molecule is CSCCC(NS(=O)(=O)c1ccccc1)C(=O)Nc1cccc(I)c1. The van der Waals surface area contributed by atoms with Crippen molar-refractivity contribution < 1.29 is 13.2 Å². The fourth-order valence-electron chi connectivity index (χ4n) is 2.13. The van der Waals surface area contributed by atoms with Crippen LogP contribution >= 0.6 is 34.4 Å². The summed E-state index contributed by atoms with van der Waals surface area (Å²) < 4.78 is 28.5. The molecular formula is C17H19IN2O3S2. The molecule has 0 aromatic heterocycles. The third-order valence-corrected chi connectivity index (χ3v) is 6.17. The second-order valence-electron chi connectivity index (χ2n) is 5.27. The molecule has 0 aliphatic rings. The Kier molecular flexibility index (Phi) is 7.73. The highest BCUT2D eigenvalue weighted by Crippen LogP contribution is 2.15. The van der Waals surface area contributed by atoms with Crippen molar-refractivity contribution in [3.63, 3.8) is 0 Å². The number of halogens is 1. The van der Waals surface area contributed by atoms with Crippen LogP contribution in [0, 0.1) is 3.57 Å². The Morgan fingerprint density at radius 3 is 2.52 bits per heavy atom. The Hall–Kier alpha value is -1.10. The Morgan fingerprint density at radius 2 is 1.88 bits per heavy atom. The van der Waals surface area contributed by atoms with Crippen LogP contribution in [0.15, 0.2) is 59.5 Å². The Bertz CT molecular complexity index is 814. The van der Waals surface area contributed by atoms with E-state index in [9.17, 15) is 13.2 Å². The largest absolute Gasteiger partial charge is 0.325 e.